The maximum Gasteiger partial charge on any atom is 0.203 e. The number of nitrogens with zero attached hydrogens (tertiary/aromatic N) is 2. The molecule has 78 valence electrons. The van der Waals surface area contributed by atoms with E-state index in [2.05, 4.69) is 32.9 Å². The van der Waals surface area contributed by atoms with E-state index >= 15 is 0 Å². The zero-order valence-corrected chi connectivity index (χ0v) is 10.3. The first-order chi connectivity index (χ1) is 6.61. The van der Waals surface area contributed by atoms with E-state index in [1.165, 1.54) is 0 Å². The van der Waals surface area contributed by atoms with Gasteiger partial charge in [-0.3, -0.25) is 0 Å². The number of imidazole rings is 1. The molecular formula is C9H14IN3O. The van der Waals surface area contributed by atoms with E-state index in [0.29, 0.717) is 6.54 Å². The minimum Gasteiger partial charge on any atom is -0.388 e. The Morgan fingerprint density at radius 2 is 2.43 bits per heavy atom. The Labute approximate surface area is 96.9 Å². The minimum absolute atomic E-state index is 0.489. The van der Waals surface area contributed by atoms with E-state index in [4.69, 9.17) is 0 Å². The van der Waals surface area contributed by atoms with Crippen molar-refractivity contribution in [3.63, 3.8) is 0 Å². The molecule has 1 aliphatic rings. The Morgan fingerprint density at radius 1 is 1.71 bits per heavy atom. The van der Waals surface area contributed by atoms with Crippen molar-refractivity contribution in [1.82, 2.24) is 9.55 Å². The first-order valence-electron chi connectivity index (χ1n) is 4.74. The van der Waals surface area contributed by atoms with Crippen LogP contribution in [0, 0.1) is 3.70 Å². The molecule has 0 aromatic carbocycles. The highest BCUT2D eigenvalue weighted by atomic mass is 127. The van der Waals surface area contributed by atoms with Gasteiger partial charge in [-0.15, -0.1) is 0 Å². The number of halogens is 1. The van der Waals surface area contributed by atoms with Crippen LogP contribution in [0.4, 0.5) is 5.95 Å². The zero-order valence-electron chi connectivity index (χ0n) is 8.13. The lowest BCUT2D eigenvalue weighted by Gasteiger charge is -2.36. The summed E-state index contributed by atoms with van der Waals surface area (Å²) in [6.07, 6.45) is 4.76. The smallest absolute Gasteiger partial charge is 0.203 e. The van der Waals surface area contributed by atoms with Crippen molar-refractivity contribution in [2.45, 2.75) is 24.9 Å². The average molecular weight is 307 g/mol. The van der Waals surface area contributed by atoms with Crippen LogP contribution in [0.5, 0.6) is 0 Å². The van der Waals surface area contributed by atoms with Gasteiger partial charge in [-0.1, -0.05) is 0 Å². The lowest BCUT2D eigenvalue weighted by Crippen LogP contribution is -2.43. The molecule has 5 heteroatoms. The number of hydrogen-bond donors (Lipinski definition) is 2. The highest BCUT2D eigenvalue weighted by molar-refractivity contribution is 14.1. The number of aromatic nitrogens is 2. The third-order valence-electron chi connectivity index (χ3n) is 2.79. The van der Waals surface area contributed by atoms with Crippen molar-refractivity contribution < 1.29 is 5.11 Å². The molecule has 0 aliphatic heterocycles. The number of nitrogens with one attached hydrogen (secondary N) is 1. The van der Waals surface area contributed by atoms with Gasteiger partial charge in [0, 0.05) is 13.6 Å². The van der Waals surface area contributed by atoms with Crippen molar-refractivity contribution in [3.8, 4) is 0 Å². The van der Waals surface area contributed by atoms with Gasteiger partial charge in [0.2, 0.25) is 5.95 Å². The topological polar surface area (TPSA) is 50.1 Å². The van der Waals surface area contributed by atoms with Crippen molar-refractivity contribution in [1.29, 1.82) is 0 Å². The highest BCUT2D eigenvalue weighted by Crippen LogP contribution is 2.31. The number of rotatable bonds is 3. The Hall–Kier alpha value is -0.300. The molecule has 1 fully saturated rings. The molecule has 0 amide bonds. The summed E-state index contributed by atoms with van der Waals surface area (Å²) in [5.41, 5.74) is -0.489. The van der Waals surface area contributed by atoms with E-state index in [0.717, 1.165) is 28.9 Å². The predicted molar refractivity (Wildman–Crippen MR) is 63.2 cm³/mol. The summed E-state index contributed by atoms with van der Waals surface area (Å²) in [6.45, 7) is 0.605. The number of hydrogen-bond acceptors (Lipinski definition) is 3. The van der Waals surface area contributed by atoms with Crippen molar-refractivity contribution >= 4 is 28.5 Å². The molecule has 0 bridgehead atoms. The van der Waals surface area contributed by atoms with Crippen LogP contribution in [0.2, 0.25) is 0 Å². The Bertz CT molecular complexity index is 333. The zero-order chi connectivity index (χ0) is 10.2. The third-order valence-corrected chi connectivity index (χ3v) is 3.79. The lowest BCUT2D eigenvalue weighted by atomic mass is 9.80. The van der Waals surface area contributed by atoms with Gasteiger partial charge in [0.1, 0.15) is 3.70 Å². The quantitative estimate of drug-likeness (QED) is 0.829. The molecule has 2 N–H and O–H groups in total. The molecule has 1 aromatic rings. The molecule has 0 atom stereocenters. The summed E-state index contributed by atoms with van der Waals surface area (Å²) in [6, 6.07) is 0. The molecule has 1 aliphatic carbocycles. The van der Waals surface area contributed by atoms with Gasteiger partial charge < -0.3 is 15.0 Å². The molecule has 2 rings (SSSR count). The van der Waals surface area contributed by atoms with Gasteiger partial charge in [-0.25, -0.2) is 4.98 Å². The van der Waals surface area contributed by atoms with Gasteiger partial charge in [0.25, 0.3) is 0 Å². The molecule has 0 saturated heterocycles. The Morgan fingerprint density at radius 3 is 2.86 bits per heavy atom. The van der Waals surface area contributed by atoms with Crippen molar-refractivity contribution in [3.05, 3.63) is 9.90 Å². The van der Waals surface area contributed by atoms with Crippen LogP contribution in [-0.2, 0) is 7.05 Å². The van der Waals surface area contributed by atoms with Crippen molar-refractivity contribution in [2.75, 3.05) is 11.9 Å². The van der Waals surface area contributed by atoms with Crippen LogP contribution in [0.3, 0.4) is 0 Å². The van der Waals surface area contributed by atoms with Gasteiger partial charge in [0.05, 0.1) is 11.8 Å². The standard InChI is InChI=1S/C9H14IN3O/c1-13-7(10)5-11-8(13)12-6-9(14)3-2-4-9/h5,14H,2-4,6H2,1H3,(H,11,12). The van der Waals surface area contributed by atoms with Crippen LogP contribution < -0.4 is 5.32 Å². The summed E-state index contributed by atoms with van der Waals surface area (Å²) in [4.78, 5) is 4.21. The first-order valence-corrected chi connectivity index (χ1v) is 5.82. The van der Waals surface area contributed by atoms with Gasteiger partial charge in [-0.05, 0) is 41.9 Å². The normalized spacial score (nSPS) is 19.1. The molecule has 0 radical (unpaired) electrons. The Kier molecular flexibility index (Phi) is 2.70. The van der Waals surface area contributed by atoms with Crippen molar-refractivity contribution in [2.24, 2.45) is 7.05 Å². The third kappa shape index (κ3) is 1.88. The van der Waals surface area contributed by atoms with Crippen LogP contribution in [0.1, 0.15) is 19.3 Å². The van der Waals surface area contributed by atoms with Gasteiger partial charge in [-0.2, -0.15) is 0 Å². The lowest BCUT2D eigenvalue weighted by molar-refractivity contribution is -0.0203. The van der Waals surface area contributed by atoms with E-state index in [1.807, 2.05) is 17.8 Å². The maximum absolute atomic E-state index is 9.87. The van der Waals surface area contributed by atoms with E-state index in [9.17, 15) is 5.11 Å². The summed E-state index contributed by atoms with van der Waals surface area (Å²) < 4.78 is 3.06. The maximum atomic E-state index is 9.87. The fraction of sp³-hybridized carbons (Fsp3) is 0.667. The second kappa shape index (κ2) is 3.69. The Balaban J connectivity index is 1.94. The van der Waals surface area contributed by atoms with E-state index in [-0.39, 0.29) is 0 Å². The molecule has 0 spiro atoms. The van der Waals surface area contributed by atoms with Crippen LogP contribution in [0.25, 0.3) is 0 Å². The number of anilines is 1. The van der Waals surface area contributed by atoms with Gasteiger partial charge >= 0.3 is 0 Å². The van der Waals surface area contributed by atoms with Crippen LogP contribution >= 0.6 is 22.6 Å². The molecule has 0 unspecified atom stereocenters. The molecule has 1 aromatic heterocycles. The number of aliphatic hydroxyl groups is 1. The molecule has 4 nitrogen and oxygen atoms in total. The average Bonchev–Trinajstić information content (AvgIpc) is 2.42. The highest BCUT2D eigenvalue weighted by Gasteiger charge is 2.34. The minimum atomic E-state index is -0.489. The first kappa shape index (κ1) is 10.2. The second-order valence-electron chi connectivity index (χ2n) is 3.89. The largest absolute Gasteiger partial charge is 0.388 e. The molecule has 1 heterocycles. The molecule has 14 heavy (non-hydrogen) atoms. The fourth-order valence-corrected chi connectivity index (χ4v) is 1.93. The van der Waals surface area contributed by atoms with Gasteiger partial charge in [0.15, 0.2) is 0 Å². The van der Waals surface area contributed by atoms with E-state index < -0.39 is 5.60 Å². The molecule has 1 saturated carbocycles. The summed E-state index contributed by atoms with van der Waals surface area (Å²) in [7, 11) is 1.96. The predicted octanol–water partition coefficient (Wildman–Crippen LogP) is 1.35. The van der Waals surface area contributed by atoms with Crippen LogP contribution in [0.15, 0.2) is 6.20 Å². The summed E-state index contributed by atoms with van der Waals surface area (Å²) in [5, 5.41) is 13.0. The van der Waals surface area contributed by atoms with Crippen LogP contribution in [-0.4, -0.2) is 26.8 Å². The second-order valence-corrected chi connectivity index (χ2v) is 5.00. The fourth-order valence-electron chi connectivity index (χ4n) is 1.56. The van der Waals surface area contributed by atoms with E-state index in [1.54, 1.807) is 0 Å². The molecular weight excluding hydrogens is 293 g/mol. The summed E-state index contributed by atoms with van der Waals surface area (Å²) in [5.74, 6) is 0.828. The summed E-state index contributed by atoms with van der Waals surface area (Å²) >= 11 is 2.23. The monoisotopic (exact) mass is 307 g/mol. The SMILES string of the molecule is Cn1c(I)cnc1NCC1(O)CCC1.